The van der Waals surface area contributed by atoms with Crippen molar-refractivity contribution < 1.29 is 9.53 Å². The molecule has 0 bridgehead atoms. The van der Waals surface area contributed by atoms with Gasteiger partial charge in [0.15, 0.2) is 12.4 Å². The number of aryl methyl sites for hydroxylation is 1. The Morgan fingerprint density at radius 1 is 0.964 bits per heavy atom. The summed E-state index contributed by atoms with van der Waals surface area (Å²) in [5.74, 6) is 1.81. The Kier molecular flexibility index (Phi) is 6.73. The quantitative estimate of drug-likeness (QED) is 0.492. The fourth-order valence-corrected chi connectivity index (χ4v) is 2.38. The van der Waals surface area contributed by atoms with Crippen molar-refractivity contribution in [1.82, 2.24) is 20.5 Å². The van der Waals surface area contributed by atoms with Gasteiger partial charge in [0, 0.05) is 31.2 Å². The lowest BCUT2D eigenvalue weighted by Gasteiger charge is -2.10. The first-order valence-electron chi connectivity index (χ1n) is 8.90. The van der Waals surface area contributed by atoms with Crippen molar-refractivity contribution in [3.8, 4) is 5.75 Å². The molecule has 0 unspecified atom stereocenters. The third-order valence-corrected chi connectivity index (χ3v) is 3.82. The molecule has 0 fully saturated rings. The number of nitrogens with zero attached hydrogens (tertiary/aromatic N) is 3. The molecule has 2 aromatic heterocycles. The second kappa shape index (κ2) is 9.86. The number of benzene rings is 1. The van der Waals surface area contributed by atoms with Crippen molar-refractivity contribution in [1.29, 1.82) is 0 Å². The first kappa shape index (κ1) is 19.1. The maximum Gasteiger partial charge on any atom is 0.258 e. The summed E-state index contributed by atoms with van der Waals surface area (Å²) in [7, 11) is 0. The third-order valence-electron chi connectivity index (χ3n) is 3.82. The Morgan fingerprint density at radius 3 is 2.46 bits per heavy atom. The van der Waals surface area contributed by atoms with Crippen LogP contribution in [0.5, 0.6) is 5.75 Å². The molecular formula is C20H22N6O2. The van der Waals surface area contributed by atoms with Crippen molar-refractivity contribution in [3.63, 3.8) is 0 Å². The van der Waals surface area contributed by atoms with Gasteiger partial charge in [-0.3, -0.25) is 9.78 Å². The van der Waals surface area contributed by atoms with Crippen molar-refractivity contribution in [3.05, 3.63) is 66.5 Å². The number of carbonyl (C=O) groups is 1. The van der Waals surface area contributed by atoms with Crippen LogP contribution in [0.15, 0.2) is 60.9 Å². The Labute approximate surface area is 163 Å². The lowest BCUT2D eigenvalue weighted by Crippen LogP contribution is -2.32. The summed E-state index contributed by atoms with van der Waals surface area (Å²) < 4.78 is 5.51. The minimum absolute atomic E-state index is 0.0139. The van der Waals surface area contributed by atoms with Gasteiger partial charge in [0.2, 0.25) is 0 Å². The Balaban J connectivity index is 1.34. The van der Waals surface area contributed by atoms with E-state index in [-0.39, 0.29) is 12.5 Å². The van der Waals surface area contributed by atoms with Crippen LogP contribution in [-0.4, -0.2) is 40.8 Å². The molecule has 1 aromatic carbocycles. The molecule has 0 saturated heterocycles. The maximum absolute atomic E-state index is 11.9. The number of anilines is 3. The predicted octanol–water partition coefficient (Wildman–Crippen LogP) is 2.53. The number of ether oxygens (including phenoxy) is 1. The monoisotopic (exact) mass is 378 g/mol. The van der Waals surface area contributed by atoms with E-state index in [1.807, 2.05) is 55.5 Å². The van der Waals surface area contributed by atoms with E-state index >= 15 is 0 Å². The Hall–Kier alpha value is -3.68. The van der Waals surface area contributed by atoms with Crippen LogP contribution in [-0.2, 0) is 4.79 Å². The van der Waals surface area contributed by atoms with Gasteiger partial charge in [-0.25, -0.2) is 0 Å². The highest BCUT2D eigenvalue weighted by atomic mass is 16.5. The van der Waals surface area contributed by atoms with Crippen LogP contribution in [0, 0.1) is 6.92 Å². The molecule has 28 heavy (non-hydrogen) atoms. The van der Waals surface area contributed by atoms with Crippen LogP contribution < -0.4 is 20.7 Å². The molecular weight excluding hydrogens is 356 g/mol. The van der Waals surface area contributed by atoms with Gasteiger partial charge in [0.05, 0.1) is 0 Å². The van der Waals surface area contributed by atoms with Crippen molar-refractivity contribution >= 4 is 23.2 Å². The van der Waals surface area contributed by atoms with Crippen LogP contribution in [0.25, 0.3) is 0 Å². The zero-order valence-electron chi connectivity index (χ0n) is 15.6. The molecule has 3 N–H and O–H groups in total. The molecule has 0 aliphatic carbocycles. The number of para-hydroxylation sites is 1. The number of aromatic nitrogens is 3. The smallest absolute Gasteiger partial charge is 0.258 e. The van der Waals surface area contributed by atoms with Gasteiger partial charge in [-0.05, 0) is 42.8 Å². The molecule has 0 spiro atoms. The van der Waals surface area contributed by atoms with Crippen LogP contribution in [0.3, 0.4) is 0 Å². The molecule has 0 aliphatic heterocycles. The first-order chi connectivity index (χ1) is 13.7. The van der Waals surface area contributed by atoms with Gasteiger partial charge >= 0.3 is 0 Å². The van der Waals surface area contributed by atoms with Gasteiger partial charge in [-0.2, -0.15) is 0 Å². The molecule has 0 radical (unpaired) electrons. The average Bonchev–Trinajstić information content (AvgIpc) is 2.72. The molecule has 2 heterocycles. The summed E-state index contributed by atoms with van der Waals surface area (Å²) in [5.41, 5.74) is 1.89. The molecule has 8 nitrogen and oxygen atoms in total. The standard InChI is InChI=1S/C20H22N6O2/c1-15-4-2-3-5-17(15)28-14-20(27)23-13-12-22-18-6-7-19(26-25-18)24-16-8-10-21-11-9-16/h2-11H,12-14H2,1H3,(H,22,25)(H,23,27)(H,21,24,26). The maximum atomic E-state index is 11.9. The number of pyridine rings is 1. The molecule has 3 rings (SSSR count). The Morgan fingerprint density at radius 2 is 1.71 bits per heavy atom. The van der Waals surface area contributed by atoms with E-state index in [2.05, 4.69) is 31.1 Å². The van der Waals surface area contributed by atoms with Crippen LogP contribution in [0.1, 0.15) is 5.56 Å². The first-order valence-corrected chi connectivity index (χ1v) is 8.90. The predicted molar refractivity (Wildman–Crippen MR) is 108 cm³/mol. The van der Waals surface area contributed by atoms with Gasteiger partial charge in [-0.15, -0.1) is 10.2 Å². The zero-order chi connectivity index (χ0) is 19.6. The largest absolute Gasteiger partial charge is 0.484 e. The van der Waals surface area contributed by atoms with Crippen molar-refractivity contribution in [2.24, 2.45) is 0 Å². The SMILES string of the molecule is Cc1ccccc1OCC(=O)NCCNc1ccc(Nc2ccncc2)nn1. The van der Waals surface area contributed by atoms with Crippen LogP contribution in [0.2, 0.25) is 0 Å². The highest BCUT2D eigenvalue weighted by molar-refractivity contribution is 5.77. The Bertz CT molecular complexity index is 887. The minimum atomic E-state index is -0.173. The molecule has 0 aliphatic rings. The molecule has 1 amide bonds. The normalized spacial score (nSPS) is 10.2. The number of hydrogen-bond acceptors (Lipinski definition) is 7. The number of hydrogen-bond donors (Lipinski definition) is 3. The van der Waals surface area contributed by atoms with E-state index < -0.39 is 0 Å². The van der Waals surface area contributed by atoms with Crippen molar-refractivity contribution in [2.45, 2.75) is 6.92 Å². The van der Waals surface area contributed by atoms with E-state index in [9.17, 15) is 4.79 Å². The summed E-state index contributed by atoms with van der Waals surface area (Å²) in [6.07, 6.45) is 3.40. The molecule has 144 valence electrons. The summed E-state index contributed by atoms with van der Waals surface area (Å²) in [6.45, 7) is 2.91. The highest BCUT2D eigenvalue weighted by Crippen LogP contribution is 2.15. The number of amides is 1. The topological polar surface area (TPSA) is 101 Å². The van der Waals surface area contributed by atoms with Crippen molar-refractivity contribution in [2.75, 3.05) is 30.3 Å². The average molecular weight is 378 g/mol. The lowest BCUT2D eigenvalue weighted by molar-refractivity contribution is -0.123. The fourth-order valence-electron chi connectivity index (χ4n) is 2.38. The highest BCUT2D eigenvalue weighted by Gasteiger charge is 2.04. The number of nitrogens with one attached hydrogen (secondary N) is 3. The van der Waals surface area contributed by atoms with Gasteiger partial charge in [-0.1, -0.05) is 18.2 Å². The third kappa shape index (κ3) is 5.94. The summed E-state index contributed by atoms with van der Waals surface area (Å²) >= 11 is 0. The summed E-state index contributed by atoms with van der Waals surface area (Å²) in [5, 5.41) is 17.2. The lowest BCUT2D eigenvalue weighted by atomic mass is 10.2. The van der Waals surface area contributed by atoms with E-state index in [1.165, 1.54) is 0 Å². The van der Waals surface area contributed by atoms with E-state index in [0.29, 0.717) is 30.5 Å². The molecule has 0 saturated carbocycles. The number of carbonyl (C=O) groups excluding carboxylic acids is 1. The van der Waals surface area contributed by atoms with Gasteiger partial charge in [0.25, 0.3) is 5.91 Å². The number of rotatable bonds is 9. The second-order valence-corrected chi connectivity index (χ2v) is 6.00. The second-order valence-electron chi connectivity index (χ2n) is 6.00. The van der Waals surface area contributed by atoms with E-state index in [1.54, 1.807) is 12.4 Å². The molecule has 8 heteroatoms. The van der Waals surface area contributed by atoms with E-state index in [4.69, 9.17) is 4.74 Å². The molecule has 0 atom stereocenters. The minimum Gasteiger partial charge on any atom is -0.484 e. The van der Waals surface area contributed by atoms with Gasteiger partial charge < -0.3 is 20.7 Å². The summed E-state index contributed by atoms with van der Waals surface area (Å²) in [4.78, 5) is 15.8. The fraction of sp³-hybridized carbons (Fsp3) is 0.200. The molecule has 3 aromatic rings. The van der Waals surface area contributed by atoms with Crippen LogP contribution in [0.4, 0.5) is 17.3 Å². The zero-order valence-corrected chi connectivity index (χ0v) is 15.6. The van der Waals surface area contributed by atoms with Gasteiger partial charge in [0.1, 0.15) is 11.6 Å². The van der Waals surface area contributed by atoms with Crippen LogP contribution >= 0.6 is 0 Å². The van der Waals surface area contributed by atoms with E-state index in [0.717, 1.165) is 11.3 Å². The summed E-state index contributed by atoms with van der Waals surface area (Å²) in [6, 6.07) is 14.9.